The van der Waals surface area contributed by atoms with E-state index in [-0.39, 0.29) is 0 Å². The summed E-state index contributed by atoms with van der Waals surface area (Å²) >= 11 is 0. The van der Waals surface area contributed by atoms with E-state index in [1.807, 2.05) is 38.1 Å². The lowest BCUT2D eigenvalue weighted by molar-refractivity contribution is -0.151. The Morgan fingerprint density at radius 1 is 1.15 bits per heavy atom. The van der Waals surface area contributed by atoms with E-state index >= 15 is 0 Å². The highest BCUT2D eigenvalue weighted by Crippen LogP contribution is 2.46. The number of benzene rings is 1. The summed E-state index contributed by atoms with van der Waals surface area (Å²) in [5.74, 6) is -0.371. The van der Waals surface area contributed by atoms with Crippen molar-refractivity contribution in [3.8, 4) is 0 Å². The summed E-state index contributed by atoms with van der Waals surface area (Å²) in [6.07, 6.45) is 2.86. The van der Waals surface area contributed by atoms with Gasteiger partial charge in [0.15, 0.2) is 5.79 Å². The van der Waals surface area contributed by atoms with Crippen LogP contribution in [0.1, 0.15) is 38.3 Å². The van der Waals surface area contributed by atoms with Gasteiger partial charge in [-0.25, -0.2) is 0 Å². The molecule has 1 aromatic carbocycles. The van der Waals surface area contributed by atoms with Crippen LogP contribution >= 0.6 is 0 Å². The van der Waals surface area contributed by atoms with Crippen molar-refractivity contribution in [1.29, 1.82) is 0 Å². The van der Waals surface area contributed by atoms with Crippen LogP contribution in [0.2, 0.25) is 0 Å². The maximum Gasteiger partial charge on any atom is 0.192 e. The first-order valence-corrected chi connectivity index (χ1v) is 7.25. The molecule has 0 spiro atoms. The third kappa shape index (κ3) is 2.01. The van der Waals surface area contributed by atoms with Gasteiger partial charge >= 0.3 is 0 Å². The average molecular weight is 274 g/mol. The Hall–Kier alpha value is -1.16. The zero-order valence-electron chi connectivity index (χ0n) is 12.3. The average Bonchev–Trinajstić information content (AvgIpc) is 2.96. The predicted octanol–water partition coefficient (Wildman–Crippen LogP) is 3.08. The van der Waals surface area contributed by atoms with E-state index in [0.717, 1.165) is 16.7 Å². The molecule has 0 bridgehead atoms. The summed E-state index contributed by atoms with van der Waals surface area (Å²) in [7, 11) is 0. The van der Waals surface area contributed by atoms with Crippen molar-refractivity contribution in [3.05, 3.63) is 47.0 Å². The number of aliphatic hydroxyl groups is 1. The number of ether oxygens (including phenoxy) is 2. The molecule has 0 amide bonds. The molecule has 1 fully saturated rings. The van der Waals surface area contributed by atoms with Crippen molar-refractivity contribution in [2.45, 2.75) is 38.6 Å². The molecular weight excluding hydrogens is 252 g/mol. The molecule has 1 saturated heterocycles. The molecule has 3 heteroatoms. The van der Waals surface area contributed by atoms with Gasteiger partial charge < -0.3 is 14.6 Å². The Labute approximate surface area is 120 Å². The fourth-order valence-corrected chi connectivity index (χ4v) is 3.48. The second-order valence-corrected chi connectivity index (χ2v) is 6.08. The van der Waals surface area contributed by atoms with Gasteiger partial charge in [0.2, 0.25) is 0 Å². The molecule has 1 aromatic rings. The van der Waals surface area contributed by atoms with Gasteiger partial charge in [-0.2, -0.15) is 0 Å². The van der Waals surface area contributed by atoms with Gasteiger partial charge in [-0.05, 0) is 37.3 Å². The third-order valence-electron chi connectivity index (χ3n) is 4.50. The topological polar surface area (TPSA) is 38.7 Å². The minimum Gasteiger partial charge on any atom is -0.381 e. The van der Waals surface area contributed by atoms with Crippen molar-refractivity contribution >= 4 is 0 Å². The van der Waals surface area contributed by atoms with Crippen LogP contribution in [0.3, 0.4) is 0 Å². The fraction of sp³-hybridized carbons (Fsp3) is 0.529. The van der Waals surface area contributed by atoms with Crippen molar-refractivity contribution in [3.63, 3.8) is 0 Å². The Morgan fingerprint density at radius 3 is 2.30 bits per heavy atom. The van der Waals surface area contributed by atoms with Crippen molar-refractivity contribution in [2.24, 2.45) is 5.92 Å². The highest BCUT2D eigenvalue weighted by atomic mass is 16.7. The largest absolute Gasteiger partial charge is 0.381 e. The van der Waals surface area contributed by atoms with Crippen molar-refractivity contribution in [1.82, 2.24) is 0 Å². The van der Waals surface area contributed by atoms with Gasteiger partial charge in [-0.3, -0.25) is 0 Å². The zero-order valence-corrected chi connectivity index (χ0v) is 12.3. The van der Waals surface area contributed by atoms with Crippen LogP contribution < -0.4 is 0 Å². The molecule has 2 unspecified atom stereocenters. The summed E-state index contributed by atoms with van der Waals surface area (Å²) in [6, 6.07) is 7.91. The zero-order chi connectivity index (χ0) is 14.4. The standard InChI is InChI=1S/C17H22O3/c1-12-10-13(2)17(18,11-12)15-7-5-4-6-14(15)16(3)19-8-9-20-16/h4-7,10,12,18H,8-9,11H2,1-3H3. The third-order valence-corrected chi connectivity index (χ3v) is 4.50. The molecule has 0 aromatic heterocycles. The Bertz CT molecular complexity index is 543. The molecule has 2 atom stereocenters. The number of allylic oxidation sites excluding steroid dienone is 1. The summed E-state index contributed by atoms with van der Waals surface area (Å²) in [6.45, 7) is 7.25. The van der Waals surface area contributed by atoms with E-state index in [4.69, 9.17) is 9.47 Å². The quantitative estimate of drug-likeness (QED) is 0.842. The molecule has 0 saturated carbocycles. The predicted molar refractivity (Wildman–Crippen MR) is 77.1 cm³/mol. The number of rotatable bonds is 2. The lowest BCUT2D eigenvalue weighted by Crippen LogP contribution is -2.32. The molecule has 20 heavy (non-hydrogen) atoms. The van der Waals surface area contributed by atoms with Crippen LogP contribution in [-0.4, -0.2) is 18.3 Å². The summed E-state index contributed by atoms with van der Waals surface area (Å²) in [5, 5.41) is 11.2. The van der Waals surface area contributed by atoms with Crippen LogP contribution in [-0.2, 0) is 20.9 Å². The van der Waals surface area contributed by atoms with Gasteiger partial charge in [0.05, 0.1) is 13.2 Å². The highest BCUT2D eigenvalue weighted by Gasteiger charge is 2.44. The molecule has 1 aliphatic carbocycles. The van der Waals surface area contributed by atoms with Crippen molar-refractivity contribution < 1.29 is 14.6 Å². The van der Waals surface area contributed by atoms with Crippen LogP contribution in [0.5, 0.6) is 0 Å². The van der Waals surface area contributed by atoms with E-state index in [1.54, 1.807) is 0 Å². The Kier molecular flexibility index (Phi) is 3.24. The normalized spacial score (nSPS) is 32.4. The van der Waals surface area contributed by atoms with E-state index in [0.29, 0.717) is 25.6 Å². The lowest BCUT2D eigenvalue weighted by Gasteiger charge is -2.33. The molecule has 2 aliphatic rings. The Balaban J connectivity index is 2.09. The van der Waals surface area contributed by atoms with Crippen LogP contribution in [0.15, 0.2) is 35.9 Å². The monoisotopic (exact) mass is 274 g/mol. The highest BCUT2D eigenvalue weighted by molar-refractivity contribution is 5.43. The molecule has 3 rings (SSSR count). The number of hydrogen-bond acceptors (Lipinski definition) is 3. The van der Waals surface area contributed by atoms with Gasteiger partial charge in [-0.15, -0.1) is 0 Å². The molecular formula is C17H22O3. The summed E-state index contributed by atoms with van der Waals surface area (Å²) in [4.78, 5) is 0. The maximum atomic E-state index is 11.2. The first kappa shape index (κ1) is 13.8. The lowest BCUT2D eigenvalue weighted by atomic mass is 9.82. The molecule has 1 N–H and O–H groups in total. The van der Waals surface area contributed by atoms with E-state index < -0.39 is 11.4 Å². The van der Waals surface area contributed by atoms with Crippen molar-refractivity contribution in [2.75, 3.05) is 13.2 Å². The first-order valence-electron chi connectivity index (χ1n) is 7.25. The molecule has 108 valence electrons. The first-order chi connectivity index (χ1) is 9.46. The minimum atomic E-state index is -0.908. The summed E-state index contributed by atoms with van der Waals surface area (Å²) < 4.78 is 11.6. The van der Waals surface area contributed by atoms with Gasteiger partial charge in [0.25, 0.3) is 0 Å². The van der Waals surface area contributed by atoms with Gasteiger partial charge in [-0.1, -0.05) is 37.3 Å². The van der Waals surface area contributed by atoms with Crippen LogP contribution in [0.4, 0.5) is 0 Å². The Morgan fingerprint density at radius 2 is 1.75 bits per heavy atom. The SMILES string of the molecule is CC1=CC(C)CC1(O)c1ccccc1C1(C)OCCO1. The minimum absolute atomic E-state index is 0.381. The second kappa shape index (κ2) is 4.69. The number of hydrogen-bond donors (Lipinski definition) is 1. The maximum absolute atomic E-state index is 11.2. The van der Waals surface area contributed by atoms with E-state index in [1.165, 1.54) is 0 Å². The second-order valence-electron chi connectivity index (χ2n) is 6.08. The fourth-order valence-electron chi connectivity index (χ4n) is 3.48. The molecule has 3 nitrogen and oxygen atoms in total. The molecule has 0 radical (unpaired) electrons. The van der Waals surface area contributed by atoms with E-state index in [2.05, 4.69) is 13.0 Å². The summed E-state index contributed by atoms with van der Waals surface area (Å²) in [5.41, 5.74) is 1.94. The smallest absolute Gasteiger partial charge is 0.192 e. The molecule has 1 heterocycles. The van der Waals surface area contributed by atoms with Gasteiger partial charge in [0.1, 0.15) is 5.60 Å². The van der Waals surface area contributed by atoms with E-state index in [9.17, 15) is 5.11 Å². The van der Waals surface area contributed by atoms with Crippen LogP contribution in [0, 0.1) is 5.92 Å². The molecule has 1 aliphatic heterocycles. The van der Waals surface area contributed by atoms with Crippen LogP contribution in [0.25, 0.3) is 0 Å². The van der Waals surface area contributed by atoms with Gasteiger partial charge in [0, 0.05) is 5.56 Å².